The average Bonchev–Trinajstić information content (AvgIpc) is 3.04. The SMILES string of the molecule is CCCCCOC(=O)N(C)C(C)C(=O)c1ccc2c(c1)O[I-]O2. The zero-order chi connectivity index (χ0) is 16.8. The molecule has 0 aromatic heterocycles. The molecule has 2 rings (SSSR count). The van der Waals surface area contributed by atoms with E-state index in [2.05, 4.69) is 6.92 Å². The van der Waals surface area contributed by atoms with Crippen molar-refractivity contribution in [1.29, 1.82) is 0 Å². The monoisotopic (exact) mass is 434 g/mol. The fourth-order valence-corrected chi connectivity index (χ4v) is 3.24. The van der Waals surface area contributed by atoms with Gasteiger partial charge in [-0.25, -0.2) is 0 Å². The first-order valence-corrected chi connectivity index (χ1v) is 9.37. The van der Waals surface area contributed by atoms with Gasteiger partial charge in [-0.15, -0.1) is 0 Å². The number of hydrogen-bond acceptors (Lipinski definition) is 5. The molecule has 6 nitrogen and oxygen atoms in total. The van der Waals surface area contributed by atoms with Gasteiger partial charge < -0.3 is 0 Å². The van der Waals surface area contributed by atoms with Gasteiger partial charge in [-0.05, 0) is 0 Å². The molecule has 0 aliphatic carbocycles. The number of nitrogens with zero attached hydrogens (tertiary/aromatic N) is 1. The van der Waals surface area contributed by atoms with Crippen LogP contribution in [-0.2, 0) is 4.74 Å². The third kappa shape index (κ3) is 4.49. The zero-order valence-corrected chi connectivity index (χ0v) is 15.7. The summed E-state index contributed by atoms with van der Waals surface area (Å²) < 4.78 is 15.9. The third-order valence-electron chi connectivity index (χ3n) is 3.68. The van der Waals surface area contributed by atoms with Gasteiger partial charge in [0.05, 0.1) is 0 Å². The molecule has 0 spiro atoms. The Kier molecular flexibility index (Phi) is 6.49. The number of rotatable bonds is 7. The standard InChI is InChI=1S/C16H21INO5/c1-4-5-6-9-21-16(20)18(3)11(2)15(19)12-7-8-13-14(10-12)23-17-22-13/h7-8,10-11H,4-6,9H2,1-3H3/q-1. The Labute approximate surface area is 147 Å². The van der Waals surface area contributed by atoms with Gasteiger partial charge in [-0.1, -0.05) is 13.3 Å². The number of unbranched alkanes of at least 4 members (excludes halogenated alkanes) is 2. The van der Waals surface area contributed by atoms with Crippen LogP contribution in [0.25, 0.3) is 0 Å². The van der Waals surface area contributed by atoms with Crippen molar-refractivity contribution in [1.82, 2.24) is 4.90 Å². The van der Waals surface area contributed by atoms with E-state index >= 15 is 0 Å². The van der Waals surface area contributed by atoms with E-state index in [-0.39, 0.29) is 5.78 Å². The van der Waals surface area contributed by atoms with Crippen LogP contribution in [0.15, 0.2) is 18.2 Å². The molecule has 1 aliphatic heterocycles. The van der Waals surface area contributed by atoms with Gasteiger partial charge in [0.2, 0.25) is 0 Å². The first kappa shape index (κ1) is 17.8. The van der Waals surface area contributed by atoms with Gasteiger partial charge in [0.1, 0.15) is 0 Å². The normalized spacial score (nSPS) is 13.9. The predicted molar refractivity (Wildman–Crippen MR) is 80.1 cm³/mol. The Morgan fingerprint density at radius 1 is 1.26 bits per heavy atom. The maximum absolute atomic E-state index is 12.5. The quantitative estimate of drug-likeness (QED) is 0.349. The molecule has 0 bridgehead atoms. The average molecular weight is 434 g/mol. The van der Waals surface area contributed by atoms with Crippen molar-refractivity contribution in [2.24, 2.45) is 0 Å². The number of fused-ring (bicyclic) bond motifs is 1. The van der Waals surface area contributed by atoms with Crippen molar-refractivity contribution in [2.75, 3.05) is 13.7 Å². The minimum atomic E-state index is -0.766. The summed E-state index contributed by atoms with van der Waals surface area (Å²) in [5, 5.41) is 0. The van der Waals surface area contributed by atoms with Crippen LogP contribution >= 0.6 is 0 Å². The topological polar surface area (TPSA) is 65.1 Å². The Hall–Kier alpha value is -1.51. The van der Waals surface area contributed by atoms with Gasteiger partial charge in [0.15, 0.2) is 0 Å². The summed E-state index contributed by atoms with van der Waals surface area (Å²) >= 11 is -0.766. The van der Waals surface area contributed by atoms with E-state index in [4.69, 9.17) is 10.9 Å². The fourth-order valence-electron chi connectivity index (χ4n) is 2.06. The van der Waals surface area contributed by atoms with Crippen LogP contribution in [0, 0.1) is 0 Å². The van der Waals surface area contributed by atoms with Crippen LogP contribution in [-0.4, -0.2) is 36.5 Å². The van der Waals surface area contributed by atoms with Gasteiger partial charge in [-0.3, -0.25) is 0 Å². The van der Waals surface area contributed by atoms with Gasteiger partial charge >= 0.3 is 134 Å². The number of amides is 1. The molecule has 0 N–H and O–H groups in total. The second kappa shape index (κ2) is 8.37. The van der Waals surface area contributed by atoms with E-state index in [1.165, 1.54) is 4.90 Å². The van der Waals surface area contributed by atoms with Gasteiger partial charge in [0.25, 0.3) is 0 Å². The summed E-state index contributed by atoms with van der Waals surface area (Å²) in [4.78, 5) is 25.8. The number of likely N-dealkylation sites (N-methyl/N-ethyl adjacent to an activating group) is 1. The van der Waals surface area contributed by atoms with E-state index in [0.717, 1.165) is 19.3 Å². The maximum atomic E-state index is 12.5. The van der Waals surface area contributed by atoms with Crippen molar-refractivity contribution in [3.8, 4) is 11.5 Å². The molecule has 0 saturated carbocycles. The zero-order valence-electron chi connectivity index (χ0n) is 13.5. The Morgan fingerprint density at radius 3 is 2.74 bits per heavy atom. The Morgan fingerprint density at radius 2 is 2.00 bits per heavy atom. The molecule has 128 valence electrons. The van der Waals surface area contributed by atoms with Gasteiger partial charge in [-0.2, -0.15) is 0 Å². The number of halogens is 1. The van der Waals surface area contributed by atoms with Crippen LogP contribution in [0.3, 0.4) is 0 Å². The molecule has 1 aromatic rings. The molecule has 1 atom stereocenters. The van der Waals surface area contributed by atoms with E-state index in [0.29, 0.717) is 23.7 Å². The Bertz CT molecular complexity index is 578. The molecule has 1 heterocycles. The van der Waals surface area contributed by atoms with Crippen LogP contribution in [0.1, 0.15) is 43.5 Å². The number of ether oxygens (including phenoxy) is 1. The summed E-state index contributed by atoms with van der Waals surface area (Å²) in [6, 6.07) is 4.48. The van der Waals surface area contributed by atoms with Crippen molar-refractivity contribution in [3.05, 3.63) is 23.8 Å². The number of carbonyl (C=O) groups excluding carboxylic acids is 2. The molecule has 0 fully saturated rings. The molecule has 0 saturated heterocycles. The molecule has 1 aliphatic rings. The molecule has 1 unspecified atom stereocenters. The van der Waals surface area contributed by atoms with Crippen molar-refractivity contribution < 1.29 is 42.5 Å². The van der Waals surface area contributed by atoms with E-state index in [1.807, 2.05) is 0 Å². The van der Waals surface area contributed by atoms with Crippen molar-refractivity contribution >= 4 is 11.9 Å². The predicted octanol–water partition coefficient (Wildman–Crippen LogP) is 0.207. The number of Topliss-reactive ketones (excluding diaryl/α,β-unsaturated/α-hetero) is 1. The molecular weight excluding hydrogens is 413 g/mol. The second-order valence-electron chi connectivity index (χ2n) is 5.35. The first-order chi connectivity index (χ1) is 11.0. The first-order valence-electron chi connectivity index (χ1n) is 7.61. The van der Waals surface area contributed by atoms with Crippen LogP contribution in [0.2, 0.25) is 0 Å². The summed E-state index contributed by atoms with van der Waals surface area (Å²) in [7, 11) is 1.57. The van der Waals surface area contributed by atoms with Crippen molar-refractivity contribution in [3.63, 3.8) is 0 Å². The summed E-state index contributed by atoms with van der Waals surface area (Å²) in [6.07, 6.45) is 2.44. The molecule has 23 heavy (non-hydrogen) atoms. The third-order valence-corrected chi connectivity index (χ3v) is 4.99. The number of ketones is 1. The minimum absolute atomic E-state index is 0.158. The molecule has 0 radical (unpaired) electrons. The van der Waals surface area contributed by atoms with Crippen LogP contribution < -0.4 is 28.2 Å². The summed E-state index contributed by atoms with van der Waals surface area (Å²) in [5.74, 6) is 1.11. The number of carbonyl (C=O) groups is 2. The van der Waals surface area contributed by atoms with E-state index in [9.17, 15) is 9.59 Å². The second-order valence-corrected chi connectivity index (χ2v) is 6.59. The van der Waals surface area contributed by atoms with E-state index in [1.54, 1.807) is 32.2 Å². The van der Waals surface area contributed by atoms with Crippen LogP contribution in [0.4, 0.5) is 4.79 Å². The van der Waals surface area contributed by atoms with Gasteiger partial charge in [0, 0.05) is 0 Å². The molecule has 7 heteroatoms. The molecule has 1 amide bonds. The van der Waals surface area contributed by atoms with E-state index < -0.39 is 34.2 Å². The van der Waals surface area contributed by atoms with Crippen LogP contribution in [0.5, 0.6) is 11.5 Å². The molecular formula is C16H21INO5-. The number of hydrogen-bond donors (Lipinski definition) is 0. The van der Waals surface area contributed by atoms with Crippen molar-refractivity contribution in [2.45, 2.75) is 39.2 Å². The number of benzene rings is 1. The molecule has 1 aromatic carbocycles. The fraction of sp³-hybridized carbons (Fsp3) is 0.500. The summed E-state index contributed by atoms with van der Waals surface area (Å²) in [6.45, 7) is 4.15. The summed E-state index contributed by atoms with van der Waals surface area (Å²) in [5.41, 5.74) is 0.497. The Balaban J connectivity index is 1.94.